The number of nitrogens with zero attached hydrogens (tertiary/aromatic N) is 1. The van der Waals surface area contributed by atoms with Crippen LogP contribution in [0.15, 0.2) is 60.7 Å². The normalized spacial score (nSPS) is 17.2. The van der Waals surface area contributed by atoms with Gasteiger partial charge in [-0.25, -0.2) is 4.79 Å². The second-order valence-corrected chi connectivity index (χ2v) is 9.23. The third-order valence-electron chi connectivity index (χ3n) is 6.36. The van der Waals surface area contributed by atoms with Gasteiger partial charge >= 0.3 is 11.9 Å². The molecule has 0 radical (unpaired) electrons. The van der Waals surface area contributed by atoms with E-state index in [2.05, 4.69) is 10.6 Å². The van der Waals surface area contributed by atoms with Gasteiger partial charge in [-0.3, -0.25) is 19.2 Å². The maximum atomic E-state index is 13.6. The molecule has 202 valence electrons. The molecule has 2 aromatic carbocycles. The lowest BCUT2D eigenvalue weighted by molar-refractivity contribution is -0.145. The zero-order chi connectivity index (χ0) is 27.7. The van der Waals surface area contributed by atoms with Gasteiger partial charge in [0.1, 0.15) is 18.1 Å². The fourth-order valence-corrected chi connectivity index (χ4v) is 4.43. The summed E-state index contributed by atoms with van der Waals surface area (Å²) < 4.78 is 0. The molecule has 1 saturated heterocycles. The molecule has 2 aromatic rings. The SMILES string of the molecule is NC(CC(=O)O)C(=O)NC(Cc1ccccc1)C(=O)N1CCCC1C(=O)NC(Cc1ccccc1)C(=O)O. The molecule has 6 N–H and O–H groups in total. The Labute approximate surface area is 220 Å². The van der Waals surface area contributed by atoms with Crippen molar-refractivity contribution in [1.29, 1.82) is 0 Å². The van der Waals surface area contributed by atoms with Crippen molar-refractivity contribution in [3.8, 4) is 0 Å². The van der Waals surface area contributed by atoms with Gasteiger partial charge in [-0.05, 0) is 24.0 Å². The Morgan fingerprint density at radius 1 is 0.868 bits per heavy atom. The summed E-state index contributed by atoms with van der Waals surface area (Å²) in [5, 5.41) is 23.7. The largest absolute Gasteiger partial charge is 0.481 e. The fraction of sp³-hybridized carbons (Fsp3) is 0.370. The van der Waals surface area contributed by atoms with Crippen LogP contribution in [0.25, 0.3) is 0 Å². The Morgan fingerprint density at radius 3 is 1.95 bits per heavy atom. The van der Waals surface area contributed by atoms with Gasteiger partial charge in [-0.15, -0.1) is 0 Å². The highest BCUT2D eigenvalue weighted by Gasteiger charge is 2.39. The van der Waals surface area contributed by atoms with Crippen LogP contribution in [0.3, 0.4) is 0 Å². The number of nitrogens with one attached hydrogen (secondary N) is 2. The van der Waals surface area contributed by atoms with Gasteiger partial charge in [0, 0.05) is 19.4 Å². The van der Waals surface area contributed by atoms with Crippen molar-refractivity contribution in [3.63, 3.8) is 0 Å². The quantitative estimate of drug-likeness (QED) is 0.263. The molecule has 1 fully saturated rings. The van der Waals surface area contributed by atoms with Gasteiger partial charge < -0.3 is 31.5 Å². The zero-order valence-electron chi connectivity index (χ0n) is 20.8. The second-order valence-electron chi connectivity index (χ2n) is 9.23. The fourth-order valence-electron chi connectivity index (χ4n) is 4.43. The molecule has 11 heteroatoms. The van der Waals surface area contributed by atoms with Gasteiger partial charge in [-0.2, -0.15) is 0 Å². The highest BCUT2D eigenvalue weighted by Crippen LogP contribution is 2.20. The molecule has 3 amide bonds. The van der Waals surface area contributed by atoms with E-state index >= 15 is 0 Å². The molecule has 0 spiro atoms. The highest BCUT2D eigenvalue weighted by molar-refractivity contribution is 5.95. The standard InChI is InChI=1S/C27H32N4O7/c28-19(16-23(32)33)24(34)29-20(14-17-8-3-1-4-9-17)26(36)31-13-7-12-22(31)25(35)30-21(27(37)38)15-18-10-5-2-6-11-18/h1-6,8-11,19-22H,7,12-16,28H2,(H,29,34)(H,30,35)(H,32,33)(H,37,38). The van der Waals surface area contributed by atoms with E-state index in [-0.39, 0.29) is 19.4 Å². The molecule has 38 heavy (non-hydrogen) atoms. The van der Waals surface area contributed by atoms with E-state index in [1.165, 1.54) is 4.90 Å². The Kier molecular flexibility index (Phi) is 9.94. The molecule has 0 saturated carbocycles. The highest BCUT2D eigenvalue weighted by atomic mass is 16.4. The molecule has 11 nitrogen and oxygen atoms in total. The summed E-state index contributed by atoms with van der Waals surface area (Å²) in [6.45, 7) is 0.246. The lowest BCUT2D eigenvalue weighted by atomic mass is 10.0. The van der Waals surface area contributed by atoms with Gasteiger partial charge in [0.2, 0.25) is 17.7 Å². The van der Waals surface area contributed by atoms with Crippen LogP contribution in [0.5, 0.6) is 0 Å². The molecule has 0 aromatic heterocycles. The van der Waals surface area contributed by atoms with Crippen LogP contribution < -0.4 is 16.4 Å². The second kappa shape index (κ2) is 13.3. The molecule has 3 rings (SSSR count). The first-order valence-corrected chi connectivity index (χ1v) is 12.3. The maximum Gasteiger partial charge on any atom is 0.326 e. The predicted octanol–water partition coefficient (Wildman–Crippen LogP) is 0.319. The van der Waals surface area contributed by atoms with Crippen molar-refractivity contribution in [2.75, 3.05) is 6.54 Å². The smallest absolute Gasteiger partial charge is 0.326 e. The molecular weight excluding hydrogens is 492 g/mol. The minimum atomic E-state index is -1.36. The van der Waals surface area contributed by atoms with Crippen LogP contribution in [0.4, 0.5) is 0 Å². The number of likely N-dealkylation sites (tertiary alicyclic amines) is 1. The number of hydrogen-bond donors (Lipinski definition) is 5. The number of benzene rings is 2. The average molecular weight is 525 g/mol. The molecule has 1 aliphatic rings. The molecule has 1 heterocycles. The summed E-state index contributed by atoms with van der Waals surface area (Å²) in [5.74, 6) is -4.36. The molecule has 1 aliphatic heterocycles. The third kappa shape index (κ3) is 7.87. The van der Waals surface area contributed by atoms with Crippen LogP contribution in [-0.2, 0) is 36.8 Å². The van der Waals surface area contributed by atoms with Crippen LogP contribution in [-0.4, -0.2) is 75.5 Å². The first-order valence-electron chi connectivity index (χ1n) is 12.3. The summed E-state index contributed by atoms with van der Waals surface area (Å²) in [5.41, 5.74) is 7.18. The van der Waals surface area contributed by atoms with Gasteiger partial charge in [0.25, 0.3) is 0 Å². The Hall–Kier alpha value is -4.25. The topological polar surface area (TPSA) is 179 Å². The van der Waals surface area contributed by atoms with E-state index in [0.717, 1.165) is 11.1 Å². The summed E-state index contributed by atoms with van der Waals surface area (Å²) in [7, 11) is 0. The first-order chi connectivity index (χ1) is 18.2. The Bertz CT molecular complexity index is 1140. The summed E-state index contributed by atoms with van der Waals surface area (Å²) in [4.78, 5) is 63.5. The minimum absolute atomic E-state index is 0.0801. The van der Waals surface area contributed by atoms with Crippen molar-refractivity contribution >= 4 is 29.7 Å². The number of carboxylic acid groups (broad SMARTS) is 2. The molecule has 0 bridgehead atoms. The van der Waals surface area contributed by atoms with Crippen molar-refractivity contribution in [1.82, 2.24) is 15.5 Å². The first kappa shape index (κ1) is 28.3. The monoisotopic (exact) mass is 524 g/mol. The number of amides is 3. The van der Waals surface area contributed by atoms with Crippen molar-refractivity contribution in [2.24, 2.45) is 5.73 Å². The van der Waals surface area contributed by atoms with Crippen LogP contribution in [0.2, 0.25) is 0 Å². The minimum Gasteiger partial charge on any atom is -0.481 e. The van der Waals surface area contributed by atoms with Crippen LogP contribution >= 0.6 is 0 Å². The number of hydrogen-bond acceptors (Lipinski definition) is 6. The number of nitrogens with two attached hydrogens (primary N) is 1. The zero-order valence-corrected chi connectivity index (χ0v) is 20.8. The Morgan fingerprint density at radius 2 is 1.42 bits per heavy atom. The third-order valence-corrected chi connectivity index (χ3v) is 6.36. The van der Waals surface area contributed by atoms with Gasteiger partial charge in [0.05, 0.1) is 12.5 Å². The van der Waals surface area contributed by atoms with E-state index in [0.29, 0.717) is 12.8 Å². The lowest BCUT2D eigenvalue weighted by Gasteiger charge is -2.30. The van der Waals surface area contributed by atoms with E-state index in [4.69, 9.17) is 10.8 Å². The average Bonchev–Trinajstić information content (AvgIpc) is 3.38. The van der Waals surface area contributed by atoms with E-state index in [1.807, 2.05) is 0 Å². The summed E-state index contributed by atoms with van der Waals surface area (Å²) in [6, 6.07) is 13.2. The van der Waals surface area contributed by atoms with Gasteiger partial charge in [-0.1, -0.05) is 60.7 Å². The number of carbonyl (C=O) groups excluding carboxylic acids is 3. The van der Waals surface area contributed by atoms with E-state index in [9.17, 15) is 29.1 Å². The van der Waals surface area contributed by atoms with Crippen molar-refractivity contribution < 1.29 is 34.2 Å². The predicted molar refractivity (Wildman–Crippen MR) is 137 cm³/mol. The maximum absolute atomic E-state index is 13.6. The van der Waals surface area contributed by atoms with Crippen molar-refractivity contribution in [2.45, 2.75) is 56.3 Å². The van der Waals surface area contributed by atoms with E-state index < -0.39 is 60.2 Å². The van der Waals surface area contributed by atoms with Crippen molar-refractivity contribution in [3.05, 3.63) is 71.8 Å². The van der Waals surface area contributed by atoms with E-state index in [1.54, 1.807) is 60.7 Å². The van der Waals surface area contributed by atoms with Crippen LogP contribution in [0, 0.1) is 0 Å². The number of carbonyl (C=O) groups is 5. The molecule has 4 atom stereocenters. The van der Waals surface area contributed by atoms with Gasteiger partial charge in [0.15, 0.2) is 0 Å². The summed E-state index contributed by atoms with van der Waals surface area (Å²) in [6.07, 6.45) is 0.425. The molecular formula is C27H32N4O7. The molecule has 4 unspecified atom stereocenters. The Balaban J connectivity index is 1.75. The van der Waals surface area contributed by atoms with Crippen LogP contribution in [0.1, 0.15) is 30.4 Å². The summed E-state index contributed by atoms with van der Waals surface area (Å²) >= 11 is 0. The number of rotatable bonds is 12. The number of aliphatic carboxylic acids is 2. The lowest BCUT2D eigenvalue weighted by Crippen LogP contribution is -2.57. The molecule has 0 aliphatic carbocycles. The number of carboxylic acids is 2.